The maximum atomic E-state index is 12.0. The number of hydrogen-bond acceptors (Lipinski definition) is 3. The van der Waals surface area contributed by atoms with E-state index in [4.69, 9.17) is 16.3 Å². The molecule has 1 N–H and O–H groups in total. The normalized spacial score (nSPS) is 10.6. The summed E-state index contributed by atoms with van der Waals surface area (Å²) in [6.45, 7) is 3.94. The van der Waals surface area contributed by atoms with Crippen molar-refractivity contribution in [2.75, 3.05) is 11.1 Å². The second-order valence-corrected chi connectivity index (χ2v) is 6.90. The quantitative estimate of drug-likeness (QED) is 0.694. The van der Waals surface area contributed by atoms with Gasteiger partial charge in [-0.3, -0.25) is 4.79 Å². The van der Waals surface area contributed by atoms with Gasteiger partial charge in [0.25, 0.3) is 0 Å². The molecule has 0 unspecified atom stereocenters. The number of nitrogens with one attached hydrogen (secondary N) is 1. The lowest BCUT2D eigenvalue weighted by Gasteiger charge is -2.11. The molecule has 0 saturated carbocycles. The summed E-state index contributed by atoms with van der Waals surface area (Å²) < 4.78 is 5.62. The average Bonchev–Trinajstić information content (AvgIpc) is 2.49. The molecule has 0 spiro atoms. The van der Waals surface area contributed by atoms with E-state index in [1.807, 2.05) is 62.4 Å². The zero-order chi connectivity index (χ0) is 16.7. The molecule has 0 saturated heterocycles. The van der Waals surface area contributed by atoms with Crippen LogP contribution in [0.2, 0.25) is 5.02 Å². The van der Waals surface area contributed by atoms with Gasteiger partial charge in [0.2, 0.25) is 5.91 Å². The molecule has 0 atom stereocenters. The SMILES string of the molecule is CC(C)Oc1cccc(NC(=O)CCSc2ccc(Cl)cc2)c1. The van der Waals surface area contributed by atoms with E-state index < -0.39 is 0 Å². The zero-order valence-electron chi connectivity index (χ0n) is 13.2. The van der Waals surface area contributed by atoms with Gasteiger partial charge in [0.1, 0.15) is 5.75 Å². The maximum absolute atomic E-state index is 12.0. The number of carbonyl (C=O) groups is 1. The van der Waals surface area contributed by atoms with E-state index in [9.17, 15) is 4.79 Å². The summed E-state index contributed by atoms with van der Waals surface area (Å²) in [7, 11) is 0. The Morgan fingerprint density at radius 3 is 2.65 bits per heavy atom. The molecule has 0 aliphatic carbocycles. The van der Waals surface area contributed by atoms with Gasteiger partial charge in [-0.2, -0.15) is 0 Å². The van der Waals surface area contributed by atoms with Gasteiger partial charge in [-0.1, -0.05) is 17.7 Å². The Bertz CT molecular complexity index is 644. The van der Waals surface area contributed by atoms with Crippen LogP contribution >= 0.6 is 23.4 Å². The molecule has 0 radical (unpaired) electrons. The smallest absolute Gasteiger partial charge is 0.225 e. The van der Waals surface area contributed by atoms with Gasteiger partial charge in [-0.15, -0.1) is 11.8 Å². The van der Waals surface area contributed by atoms with Crippen molar-refractivity contribution < 1.29 is 9.53 Å². The van der Waals surface area contributed by atoms with Gasteiger partial charge in [-0.05, 0) is 50.2 Å². The number of ether oxygens (including phenoxy) is 1. The molecule has 2 aromatic carbocycles. The molecule has 0 aliphatic heterocycles. The van der Waals surface area contributed by atoms with Crippen molar-refractivity contribution >= 4 is 35.0 Å². The van der Waals surface area contributed by atoms with Gasteiger partial charge in [0.05, 0.1) is 6.10 Å². The summed E-state index contributed by atoms with van der Waals surface area (Å²) in [4.78, 5) is 13.1. The van der Waals surface area contributed by atoms with Crippen molar-refractivity contribution in [2.45, 2.75) is 31.3 Å². The third-order valence-electron chi connectivity index (χ3n) is 2.90. The minimum atomic E-state index is -0.00633. The number of halogens is 1. The number of hydrogen-bond donors (Lipinski definition) is 1. The van der Waals surface area contributed by atoms with Crippen LogP contribution in [0.15, 0.2) is 53.4 Å². The van der Waals surface area contributed by atoms with Gasteiger partial charge in [0.15, 0.2) is 0 Å². The summed E-state index contributed by atoms with van der Waals surface area (Å²) in [6.07, 6.45) is 0.555. The number of benzene rings is 2. The molecule has 1 amide bonds. The fraction of sp³-hybridized carbons (Fsp3) is 0.278. The van der Waals surface area contributed by atoms with Crippen LogP contribution in [0, 0.1) is 0 Å². The first kappa shape index (κ1) is 17.7. The highest BCUT2D eigenvalue weighted by Gasteiger charge is 2.05. The number of rotatable bonds is 7. The van der Waals surface area contributed by atoms with Crippen molar-refractivity contribution in [1.82, 2.24) is 0 Å². The molecule has 23 heavy (non-hydrogen) atoms. The predicted octanol–water partition coefficient (Wildman–Crippen LogP) is 5.25. The van der Waals surface area contributed by atoms with E-state index in [0.717, 1.165) is 27.1 Å². The first-order valence-electron chi connectivity index (χ1n) is 7.48. The van der Waals surface area contributed by atoms with E-state index >= 15 is 0 Å². The van der Waals surface area contributed by atoms with Crippen LogP contribution in [-0.4, -0.2) is 17.8 Å². The molecule has 3 nitrogen and oxygen atoms in total. The first-order chi connectivity index (χ1) is 11.0. The Labute approximate surface area is 146 Å². The Morgan fingerprint density at radius 2 is 1.96 bits per heavy atom. The summed E-state index contributed by atoms with van der Waals surface area (Å²) in [5.41, 5.74) is 0.754. The van der Waals surface area contributed by atoms with E-state index in [0.29, 0.717) is 6.42 Å². The predicted molar refractivity (Wildman–Crippen MR) is 97.6 cm³/mol. The fourth-order valence-electron chi connectivity index (χ4n) is 1.94. The third-order valence-corrected chi connectivity index (χ3v) is 4.17. The summed E-state index contributed by atoms with van der Waals surface area (Å²) in [6, 6.07) is 15.1. The summed E-state index contributed by atoms with van der Waals surface area (Å²) in [5, 5.41) is 3.62. The van der Waals surface area contributed by atoms with Crippen LogP contribution in [0.4, 0.5) is 5.69 Å². The minimum Gasteiger partial charge on any atom is -0.491 e. The molecule has 2 aromatic rings. The number of amides is 1. The molecule has 2 rings (SSSR count). The molecular formula is C18H20ClNO2S. The number of thioether (sulfide) groups is 1. The van der Waals surface area contributed by atoms with Crippen molar-refractivity contribution in [1.29, 1.82) is 0 Å². The van der Waals surface area contributed by atoms with E-state index in [2.05, 4.69) is 5.32 Å². The molecule has 0 heterocycles. The van der Waals surface area contributed by atoms with E-state index in [1.54, 1.807) is 11.8 Å². The second kappa shape index (κ2) is 8.85. The Morgan fingerprint density at radius 1 is 1.22 bits per heavy atom. The van der Waals surface area contributed by atoms with Crippen LogP contribution < -0.4 is 10.1 Å². The van der Waals surface area contributed by atoms with Crippen molar-refractivity contribution in [2.24, 2.45) is 0 Å². The largest absolute Gasteiger partial charge is 0.491 e. The third kappa shape index (κ3) is 6.55. The highest BCUT2D eigenvalue weighted by Crippen LogP contribution is 2.22. The number of carbonyl (C=O) groups excluding carboxylic acids is 1. The fourth-order valence-corrected chi connectivity index (χ4v) is 2.91. The van der Waals surface area contributed by atoms with Crippen LogP contribution in [0.1, 0.15) is 20.3 Å². The Hall–Kier alpha value is -1.65. The van der Waals surface area contributed by atoms with Gasteiger partial charge in [0, 0.05) is 33.8 Å². The highest BCUT2D eigenvalue weighted by molar-refractivity contribution is 7.99. The summed E-state index contributed by atoms with van der Waals surface area (Å²) in [5.74, 6) is 1.47. The van der Waals surface area contributed by atoms with Gasteiger partial charge >= 0.3 is 0 Å². The minimum absolute atomic E-state index is 0.00633. The topological polar surface area (TPSA) is 38.3 Å². The number of anilines is 1. The lowest BCUT2D eigenvalue weighted by molar-refractivity contribution is -0.115. The lowest BCUT2D eigenvalue weighted by Crippen LogP contribution is -2.12. The van der Waals surface area contributed by atoms with Crippen molar-refractivity contribution in [3.05, 3.63) is 53.6 Å². The first-order valence-corrected chi connectivity index (χ1v) is 8.84. The zero-order valence-corrected chi connectivity index (χ0v) is 14.8. The maximum Gasteiger partial charge on any atom is 0.225 e. The van der Waals surface area contributed by atoms with Gasteiger partial charge < -0.3 is 10.1 Å². The standard InChI is InChI=1S/C18H20ClNO2S/c1-13(2)22-16-5-3-4-15(12-16)20-18(21)10-11-23-17-8-6-14(19)7-9-17/h3-9,12-13H,10-11H2,1-2H3,(H,20,21). The molecular weight excluding hydrogens is 330 g/mol. The van der Waals surface area contributed by atoms with Crippen LogP contribution in [-0.2, 0) is 4.79 Å². The van der Waals surface area contributed by atoms with E-state index in [-0.39, 0.29) is 12.0 Å². The molecule has 0 aromatic heterocycles. The second-order valence-electron chi connectivity index (χ2n) is 5.29. The van der Waals surface area contributed by atoms with Crippen LogP contribution in [0.5, 0.6) is 5.75 Å². The van der Waals surface area contributed by atoms with Crippen LogP contribution in [0.3, 0.4) is 0 Å². The molecule has 122 valence electrons. The van der Waals surface area contributed by atoms with Crippen LogP contribution in [0.25, 0.3) is 0 Å². The average molecular weight is 350 g/mol. The summed E-state index contributed by atoms with van der Waals surface area (Å²) >= 11 is 7.48. The Kier molecular flexibility index (Phi) is 6.81. The molecule has 5 heteroatoms. The molecule has 0 fully saturated rings. The monoisotopic (exact) mass is 349 g/mol. The highest BCUT2D eigenvalue weighted by atomic mass is 35.5. The van der Waals surface area contributed by atoms with Crippen molar-refractivity contribution in [3.63, 3.8) is 0 Å². The molecule has 0 aliphatic rings. The van der Waals surface area contributed by atoms with E-state index in [1.165, 1.54) is 0 Å². The molecule has 0 bridgehead atoms. The Balaban J connectivity index is 1.79. The lowest BCUT2D eigenvalue weighted by atomic mass is 10.3. The van der Waals surface area contributed by atoms with Crippen molar-refractivity contribution in [3.8, 4) is 5.75 Å². The van der Waals surface area contributed by atoms with Gasteiger partial charge in [-0.25, -0.2) is 0 Å².